The van der Waals surface area contributed by atoms with Gasteiger partial charge >= 0.3 is 0 Å². The first-order valence-corrected chi connectivity index (χ1v) is 9.12. The third kappa shape index (κ3) is 4.47. The predicted molar refractivity (Wildman–Crippen MR) is 105 cm³/mol. The number of nitrogens with zero attached hydrogens (tertiary/aromatic N) is 1. The van der Waals surface area contributed by atoms with Gasteiger partial charge in [0, 0.05) is 34.5 Å². The van der Waals surface area contributed by atoms with Crippen molar-refractivity contribution in [3.8, 4) is 0 Å². The molecule has 1 heterocycles. The van der Waals surface area contributed by atoms with Crippen LogP contribution in [0.5, 0.6) is 0 Å². The Morgan fingerprint density at radius 3 is 2.72 bits per heavy atom. The quantitative estimate of drug-likeness (QED) is 0.625. The third-order valence-electron chi connectivity index (χ3n) is 4.29. The number of halogens is 2. The summed E-state index contributed by atoms with van der Waals surface area (Å²) in [7, 11) is 0. The fourth-order valence-electron chi connectivity index (χ4n) is 2.97. The number of fused-ring (bicyclic) bond motifs is 1. The topological polar surface area (TPSA) is 46.3 Å². The molecule has 0 aromatic heterocycles. The van der Waals surface area contributed by atoms with E-state index in [0.717, 1.165) is 41.2 Å². The highest BCUT2D eigenvalue weighted by molar-refractivity contribution is 7.99. The van der Waals surface area contributed by atoms with Gasteiger partial charge < -0.3 is 10.6 Å². The molecule has 3 rings (SSSR count). The highest BCUT2D eigenvalue weighted by Gasteiger charge is 2.27. The van der Waals surface area contributed by atoms with Crippen molar-refractivity contribution in [2.24, 2.45) is 5.92 Å². The van der Waals surface area contributed by atoms with Crippen molar-refractivity contribution >= 4 is 41.5 Å². The zero-order valence-corrected chi connectivity index (χ0v) is 15.7. The normalized spacial score (nSPS) is 14.4. The summed E-state index contributed by atoms with van der Waals surface area (Å²) in [6.45, 7) is 2.68. The van der Waals surface area contributed by atoms with Gasteiger partial charge in [-0.1, -0.05) is 13.0 Å². The van der Waals surface area contributed by atoms with Gasteiger partial charge in [-0.05, 0) is 54.8 Å². The van der Waals surface area contributed by atoms with E-state index in [9.17, 15) is 9.18 Å². The van der Waals surface area contributed by atoms with Gasteiger partial charge in [-0.15, -0.1) is 24.2 Å². The van der Waals surface area contributed by atoms with Crippen LogP contribution in [0.15, 0.2) is 47.4 Å². The molecule has 0 fully saturated rings. The van der Waals surface area contributed by atoms with E-state index in [1.807, 2.05) is 30.0 Å². The lowest BCUT2D eigenvalue weighted by atomic mass is 9.98. The maximum atomic E-state index is 12.9. The highest BCUT2D eigenvalue weighted by Crippen LogP contribution is 2.32. The molecule has 3 nitrogen and oxygen atoms in total. The Labute approximate surface area is 158 Å². The Hall–Kier alpha value is -1.72. The zero-order valence-electron chi connectivity index (χ0n) is 14.1. The van der Waals surface area contributed by atoms with Crippen molar-refractivity contribution in [2.45, 2.75) is 24.7 Å². The number of carbonyl (C=O) groups is 1. The Morgan fingerprint density at radius 1 is 1.28 bits per heavy atom. The first-order chi connectivity index (χ1) is 11.6. The Kier molecular flexibility index (Phi) is 6.73. The maximum absolute atomic E-state index is 12.9. The fourth-order valence-corrected chi connectivity index (χ4v) is 3.88. The number of hydrogen-bond donors (Lipinski definition) is 1. The highest BCUT2D eigenvalue weighted by atomic mass is 35.5. The molecule has 25 heavy (non-hydrogen) atoms. The number of benzene rings is 2. The number of anilines is 2. The van der Waals surface area contributed by atoms with Gasteiger partial charge in [0.2, 0.25) is 5.91 Å². The Balaban J connectivity index is 0.00000225. The van der Waals surface area contributed by atoms with E-state index in [4.69, 9.17) is 5.73 Å². The molecule has 1 unspecified atom stereocenters. The summed E-state index contributed by atoms with van der Waals surface area (Å²) in [6, 6.07) is 12.1. The van der Waals surface area contributed by atoms with Crippen LogP contribution in [0.4, 0.5) is 15.8 Å². The number of thioether (sulfide) groups is 1. The standard InChI is InChI=1S/C19H21FN2OS.ClH/c1-13(12-24-15-9-7-14(20)8-10-15)19(23)22-11-3-4-16-17(21)5-2-6-18(16)22;/h2,5-10,13H,3-4,11-12,21H2,1H3;1H. The molecule has 134 valence electrons. The van der Waals surface area contributed by atoms with Crippen LogP contribution in [-0.2, 0) is 11.2 Å². The lowest BCUT2D eigenvalue weighted by molar-refractivity contribution is -0.121. The van der Waals surface area contributed by atoms with E-state index in [1.54, 1.807) is 23.9 Å². The molecule has 1 aliphatic rings. The first-order valence-electron chi connectivity index (χ1n) is 8.13. The van der Waals surface area contributed by atoms with E-state index in [2.05, 4.69) is 0 Å². The van der Waals surface area contributed by atoms with Gasteiger partial charge in [-0.25, -0.2) is 4.39 Å². The van der Waals surface area contributed by atoms with Crippen molar-refractivity contribution in [1.29, 1.82) is 0 Å². The molecule has 0 bridgehead atoms. The summed E-state index contributed by atoms with van der Waals surface area (Å²) >= 11 is 1.58. The molecule has 0 radical (unpaired) electrons. The molecule has 0 aliphatic carbocycles. The summed E-state index contributed by atoms with van der Waals surface area (Å²) in [4.78, 5) is 15.7. The van der Waals surface area contributed by atoms with E-state index in [1.165, 1.54) is 12.1 Å². The largest absolute Gasteiger partial charge is 0.398 e. The van der Waals surface area contributed by atoms with Crippen LogP contribution >= 0.6 is 24.2 Å². The number of nitrogens with two attached hydrogens (primary N) is 1. The van der Waals surface area contributed by atoms with E-state index in [-0.39, 0.29) is 30.0 Å². The zero-order chi connectivity index (χ0) is 17.1. The van der Waals surface area contributed by atoms with Gasteiger partial charge in [0.25, 0.3) is 0 Å². The second-order valence-corrected chi connectivity index (χ2v) is 7.20. The first kappa shape index (κ1) is 19.6. The monoisotopic (exact) mass is 380 g/mol. The van der Waals surface area contributed by atoms with Crippen LogP contribution in [0.25, 0.3) is 0 Å². The molecule has 0 saturated heterocycles. The summed E-state index contributed by atoms with van der Waals surface area (Å²) in [5.41, 5.74) is 8.84. The smallest absolute Gasteiger partial charge is 0.230 e. The SMILES string of the molecule is CC(CSc1ccc(F)cc1)C(=O)N1CCCc2c(N)cccc21.Cl. The molecule has 2 aromatic carbocycles. The third-order valence-corrected chi connectivity index (χ3v) is 5.56. The number of rotatable bonds is 4. The minimum Gasteiger partial charge on any atom is -0.398 e. The molecule has 1 atom stereocenters. The van der Waals surface area contributed by atoms with Crippen molar-refractivity contribution in [2.75, 3.05) is 22.9 Å². The average molecular weight is 381 g/mol. The van der Waals surface area contributed by atoms with Crippen LogP contribution in [0, 0.1) is 11.7 Å². The van der Waals surface area contributed by atoms with Crippen molar-refractivity contribution < 1.29 is 9.18 Å². The molecule has 0 saturated carbocycles. The maximum Gasteiger partial charge on any atom is 0.230 e. The van der Waals surface area contributed by atoms with Gasteiger partial charge in [-0.3, -0.25) is 4.79 Å². The second-order valence-electron chi connectivity index (χ2n) is 6.10. The molecule has 2 N–H and O–H groups in total. The number of amides is 1. The van der Waals surface area contributed by atoms with E-state index < -0.39 is 0 Å². The van der Waals surface area contributed by atoms with Gasteiger partial charge in [-0.2, -0.15) is 0 Å². The molecular formula is C19H22ClFN2OS. The number of carbonyl (C=O) groups excluding carboxylic acids is 1. The predicted octanol–water partition coefficient (Wildman–Crippen LogP) is 4.54. The minimum absolute atomic E-state index is 0. The van der Waals surface area contributed by atoms with Crippen LogP contribution in [0.3, 0.4) is 0 Å². The van der Waals surface area contributed by atoms with Gasteiger partial charge in [0.15, 0.2) is 0 Å². The van der Waals surface area contributed by atoms with E-state index in [0.29, 0.717) is 5.75 Å². The summed E-state index contributed by atoms with van der Waals surface area (Å²) in [5.74, 6) is 0.424. The summed E-state index contributed by atoms with van der Waals surface area (Å²) < 4.78 is 12.9. The summed E-state index contributed by atoms with van der Waals surface area (Å²) in [5, 5.41) is 0. The molecule has 0 spiro atoms. The average Bonchev–Trinajstić information content (AvgIpc) is 2.60. The molecular weight excluding hydrogens is 359 g/mol. The number of hydrogen-bond acceptors (Lipinski definition) is 3. The van der Waals surface area contributed by atoms with Crippen molar-refractivity contribution in [3.63, 3.8) is 0 Å². The van der Waals surface area contributed by atoms with Crippen LogP contribution in [-0.4, -0.2) is 18.2 Å². The molecule has 6 heteroatoms. The molecule has 2 aromatic rings. The van der Waals surface area contributed by atoms with E-state index >= 15 is 0 Å². The van der Waals surface area contributed by atoms with Crippen LogP contribution in [0.1, 0.15) is 18.9 Å². The van der Waals surface area contributed by atoms with Gasteiger partial charge in [0.05, 0.1) is 0 Å². The summed E-state index contributed by atoms with van der Waals surface area (Å²) in [6.07, 6.45) is 1.86. The minimum atomic E-state index is -0.244. The van der Waals surface area contributed by atoms with Crippen LogP contribution < -0.4 is 10.6 Å². The van der Waals surface area contributed by atoms with Crippen molar-refractivity contribution in [1.82, 2.24) is 0 Å². The van der Waals surface area contributed by atoms with Crippen molar-refractivity contribution in [3.05, 3.63) is 53.8 Å². The van der Waals surface area contributed by atoms with Crippen LogP contribution in [0.2, 0.25) is 0 Å². The van der Waals surface area contributed by atoms with Gasteiger partial charge in [0.1, 0.15) is 5.82 Å². The molecule has 1 amide bonds. The number of nitrogen functional groups attached to an aromatic ring is 1. The lowest BCUT2D eigenvalue weighted by Gasteiger charge is -2.32. The Bertz CT molecular complexity index is 739. The lowest BCUT2D eigenvalue weighted by Crippen LogP contribution is -2.39. The second kappa shape index (κ2) is 8.59. The molecule has 1 aliphatic heterocycles. The Morgan fingerprint density at radius 2 is 2.00 bits per heavy atom. The fraction of sp³-hybridized carbons (Fsp3) is 0.316.